The number of carbonyl (C=O) groups is 1. The van der Waals surface area contributed by atoms with E-state index in [1.54, 1.807) is 0 Å². The molecule has 1 aromatic carbocycles. The Morgan fingerprint density at radius 1 is 1.41 bits per heavy atom. The molecule has 0 radical (unpaired) electrons. The summed E-state index contributed by atoms with van der Waals surface area (Å²) < 4.78 is 0. The van der Waals surface area contributed by atoms with E-state index in [-0.39, 0.29) is 11.3 Å². The van der Waals surface area contributed by atoms with Crippen molar-refractivity contribution < 1.29 is 4.79 Å². The first kappa shape index (κ1) is 12.4. The molecule has 1 saturated heterocycles. The Hall–Kier alpha value is -1.02. The molecule has 3 heteroatoms. The number of halogens is 1. The zero-order valence-corrected chi connectivity index (χ0v) is 11.3. The van der Waals surface area contributed by atoms with Crippen LogP contribution in [0.2, 0.25) is 0 Å². The summed E-state index contributed by atoms with van der Waals surface area (Å²) in [6.45, 7) is 6.98. The van der Waals surface area contributed by atoms with Crippen molar-refractivity contribution in [3.63, 3.8) is 0 Å². The Morgan fingerprint density at radius 3 is 2.65 bits per heavy atom. The first-order valence-corrected chi connectivity index (χ1v) is 6.47. The van der Waals surface area contributed by atoms with Gasteiger partial charge in [0.05, 0.1) is 5.38 Å². The Bertz CT molecular complexity index is 442. The smallest absolute Gasteiger partial charge is 0.228 e. The predicted molar refractivity (Wildman–Crippen MR) is 71.9 cm³/mol. The normalized spacial score (nSPS) is 20.4. The van der Waals surface area contributed by atoms with Crippen molar-refractivity contribution in [2.75, 3.05) is 11.4 Å². The van der Waals surface area contributed by atoms with Gasteiger partial charge in [0.25, 0.3) is 0 Å². The van der Waals surface area contributed by atoms with E-state index in [0.29, 0.717) is 18.9 Å². The minimum Gasteiger partial charge on any atom is -0.311 e. The summed E-state index contributed by atoms with van der Waals surface area (Å²) in [5.74, 6) is 0.604. The van der Waals surface area contributed by atoms with Gasteiger partial charge in [0.1, 0.15) is 0 Å². The summed E-state index contributed by atoms with van der Waals surface area (Å²) in [4.78, 5) is 13.7. The predicted octanol–water partition coefficient (Wildman–Crippen LogP) is 3.46. The van der Waals surface area contributed by atoms with E-state index in [9.17, 15) is 4.79 Å². The lowest BCUT2D eigenvalue weighted by molar-refractivity contribution is -0.117. The highest BCUT2D eigenvalue weighted by atomic mass is 35.5. The molecule has 0 N–H and O–H groups in total. The number of alkyl halides is 1. The molecule has 0 saturated carbocycles. The molecule has 2 nitrogen and oxygen atoms in total. The van der Waals surface area contributed by atoms with Gasteiger partial charge >= 0.3 is 0 Å². The summed E-state index contributed by atoms with van der Waals surface area (Å²) in [5.41, 5.74) is 3.41. The second-order valence-corrected chi connectivity index (χ2v) is 5.62. The lowest BCUT2D eigenvalue weighted by atomic mass is 10.0. The van der Waals surface area contributed by atoms with E-state index in [2.05, 4.69) is 32.0 Å². The van der Waals surface area contributed by atoms with E-state index in [1.807, 2.05) is 11.8 Å². The van der Waals surface area contributed by atoms with Crippen LogP contribution < -0.4 is 4.90 Å². The molecule has 2 rings (SSSR count). The molecular formula is C14H18ClNO. The maximum Gasteiger partial charge on any atom is 0.228 e. The average Bonchev–Trinajstić information content (AvgIpc) is 2.58. The Kier molecular flexibility index (Phi) is 3.43. The van der Waals surface area contributed by atoms with Gasteiger partial charge in [-0.3, -0.25) is 4.79 Å². The fourth-order valence-corrected chi connectivity index (χ4v) is 2.44. The molecule has 1 amide bonds. The Balaban J connectivity index is 2.37. The molecule has 1 unspecified atom stereocenters. The van der Waals surface area contributed by atoms with Crippen LogP contribution in [0.25, 0.3) is 0 Å². The van der Waals surface area contributed by atoms with Gasteiger partial charge in [0.15, 0.2) is 0 Å². The molecule has 1 aliphatic rings. The second kappa shape index (κ2) is 4.69. The van der Waals surface area contributed by atoms with Crippen molar-refractivity contribution in [2.24, 2.45) is 0 Å². The van der Waals surface area contributed by atoms with Crippen LogP contribution in [0, 0.1) is 6.92 Å². The number of hydrogen-bond donors (Lipinski definition) is 0. The van der Waals surface area contributed by atoms with Gasteiger partial charge in [0.2, 0.25) is 5.91 Å². The van der Waals surface area contributed by atoms with Gasteiger partial charge in [-0.15, -0.1) is 11.6 Å². The van der Waals surface area contributed by atoms with Crippen LogP contribution in [0.4, 0.5) is 5.69 Å². The number of hydrogen-bond acceptors (Lipinski definition) is 1. The van der Waals surface area contributed by atoms with Crippen molar-refractivity contribution in [3.8, 4) is 0 Å². The number of aryl methyl sites for hydroxylation is 1. The number of anilines is 1. The average molecular weight is 252 g/mol. The summed E-state index contributed by atoms with van der Waals surface area (Å²) >= 11 is 6.04. The SMILES string of the molecule is Cc1ccc(C(C)C)cc1N1CC(Cl)CC1=O. The van der Waals surface area contributed by atoms with Gasteiger partial charge in [-0.1, -0.05) is 26.0 Å². The monoisotopic (exact) mass is 251 g/mol. The summed E-state index contributed by atoms with van der Waals surface area (Å²) in [5, 5.41) is -0.0513. The summed E-state index contributed by atoms with van der Waals surface area (Å²) in [6.07, 6.45) is 0.451. The standard InChI is InChI=1S/C14H18ClNO/c1-9(2)11-5-4-10(3)13(6-11)16-8-12(15)7-14(16)17/h4-6,9,12H,7-8H2,1-3H3. The number of nitrogens with zero attached hydrogens (tertiary/aromatic N) is 1. The van der Waals surface area contributed by atoms with Gasteiger partial charge < -0.3 is 4.90 Å². The molecule has 1 aromatic rings. The molecule has 0 spiro atoms. The van der Waals surface area contributed by atoms with E-state index >= 15 is 0 Å². The lowest BCUT2D eigenvalue weighted by Gasteiger charge is -2.20. The van der Waals surface area contributed by atoms with Gasteiger partial charge in [0, 0.05) is 18.7 Å². The number of rotatable bonds is 2. The number of amides is 1. The molecule has 0 aliphatic carbocycles. The highest BCUT2D eigenvalue weighted by Gasteiger charge is 2.30. The second-order valence-electron chi connectivity index (χ2n) is 5.01. The zero-order valence-electron chi connectivity index (χ0n) is 10.5. The molecule has 1 fully saturated rings. The van der Waals surface area contributed by atoms with Crippen molar-refractivity contribution in [1.29, 1.82) is 0 Å². The fourth-order valence-electron chi connectivity index (χ4n) is 2.17. The minimum atomic E-state index is -0.0513. The van der Waals surface area contributed by atoms with E-state index in [1.165, 1.54) is 5.56 Å². The molecule has 1 aliphatic heterocycles. The lowest BCUT2D eigenvalue weighted by Crippen LogP contribution is -2.25. The largest absolute Gasteiger partial charge is 0.311 e. The first-order chi connectivity index (χ1) is 7.99. The van der Waals surface area contributed by atoms with E-state index in [0.717, 1.165) is 11.3 Å². The summed E-state index contributed by atoms with van der Waals surface area (Å²) in [6, 6.07) is 6.33. The number of carbonyl (C=O) groups excluding carboxylic acids is 1. The quantitative estimate of drug-likeness (QED) is 0.737. The molecule has 1 atom stereocenters. The number of benzene rings is 1. The summed E-state index contributed by atoms with van der Waals surface area (Å²) in [7, 11) is 0. The Morgan fingerprint density at radius 2 is 2.12 bits per heavy atom. The fraction of sp³-hybridized carbons (Fsp3) is 0.500. The van der Waals surface area contributed by atoms with Crippen molar-refractivity contribution in [1.82, 2.24) is 0 Å². The van der Waals surface area contributed by atoms with Crippen LogP contribution in [0.1, 0.15) is 37.3 Å². The molecule has 17 heavy (non-hydrogen) atoms. The highest BCUT2D eigenvalue weighted by Crippen LogP contribution is 2.30. The van der Waals surface area contributed by atoms with Crippen LogP contribution in [0.3, 0.4) is 0 Å². The van der Waals surface area contributed by atoms with Gasteiger partial charge in [-0.25, -0.2) is 0 Å². The minimum absolute atomic E-state index is 0.0513. The third-order valence-electron chi connectivity index (χ3n) is 3.27. The third kappa shape index (κ3) is 2.47. The van der Waals surface area contributed by atoms with Crippen molar-refractivity contribution >= 4 is 23.2 Å². The molecule has 1 heterocycles. The molecule has 92 valence electrons. The van der Waals surface area contributed by atoms with Crippen LogP contribution in [0.15, 0.2) is 18.2 Å². The van der Waals surface area contributed by atoms with Crippen LogP contribution in [0.5, 0.6) is 0 Å². The van der Waals surface area contributed by atoms with Crippen LogP contribution in [-0.2, 0) is 4.79 Å². The molecular weight excluding hydrogens is 234 g/mol. The van der Waals surface area contributed by atoms with Crippen molar-refractivity contribution in [2.45, 2.75) is 38.5 Å². The third-order valence-corrected chi connectivity index (χ3v) is 3.56. The zero-order chi connectivity index (χ0) is 12.6. The Labute approximate surface area is 108 Å². The maximum absolute atomic E-state index is 11.9. The molecule has 0 aromatic heterocycles. The van der Waals surface area contributed by atoms with Crippen LogP contribution >= 0.6 is 11.6 Å². The van der Waals surface area contributed by atoms with Gasteiger partial charge in [-0.05, 0) is 30.0 Å². The first-order valence-electron chi connectivity index (χ1n) is 6.04. The van der Waals surface area contributed by atoms with Gasteiger partial charge in [-0.2, -0.15) is 0 Å². The topological polar surface area (TPSA) is 20.3 Å². The van der Waals surface area contributed by atoms with Crippen LogP contribution in [-0.4, -0.2) is 17.8 Å². The molecule has 0 bridgehead atoms. The van der Waals surface area contributed by atoms with E-state index in [4.69, 9.17) is 11.6 Å². The van der Waals surface area contributed by atoms with E-state index < -0.39 is 0 Å². The maximum atomic E-state index is 11.9. The highest BCUT2D eigenvalue weighted by molar-refractivity contribution is 6.24. The van der Waals surface area contributed by atoms with Crippen molar-refractivity contribution in [3.05, 3.63) is 29.3 Å².